The van der Waals surface area contributed by atoms with E-state index < -0.39 is 0 Å². The van der Waals surface area contributed by atoms with Crippen LogP contribution in [0.5, 0.6) is 0 Å². The summed E-state index contributed by atoms with van der Waals surface area (Å²) in [5.41, 5.74) is 5.71. The lowest BCUT2D eigenvalue weighted by molar-refractivity contribution is 0.120. The predicted octanol–water partition coefficient (Wildman–Crippen LogP) is 1.46. The summed E-state index contributed by atoms with van der Waals surface area (Å²) in [4.78, 5) is 2.54. The second-order valence-corrected chi connectivity index (χ2v) is 4.33. The molecule has 0 aliphatic carbocycles. The van der Waals surface area contributed by atoms with Crippen LogP contribution < -0.4 is 5.73 Å². The highest BCUT2D eigenvalue weighted by Crippen LogP contribution is 2.21. The molecule has 2 nitrogen and oxygen atoms in total. The van der Waals surface area contributed by atoms with E-state index in [1.807, 2.05) is 0 Å². The topological polar surface area (TPSA) is 29.3 Å². The van der Waals surface area contributed by atoms with Crippen LogP contribution >= 0.6 is 0 Å². The summed E-state index contributed by atoms with van der Waals surface area (Å²) in [6, 6.07) is 0.718. The van der Waals surface area contributed by atoms with Gasteiger partial charge < -0.3 is 10.6 Å². The Morgan fingerprint density at radius 3 is 2.93 bits per heavy atom. The number of hydrogen-bond donors (Lipinski definition) is 1. The van der Waals surface area contributed by atoms with E-state index in [1.165, 1.54) is 19.4 Å². The third-order valence-electron chi connectivity index (χ3n) is 3.21. The SMILES string of the molecule is C#CCCCN1CC(CN)CCC1C. The molecule has 2 atom stereocenters. The summed E-state index contributed by atoms with van der Waals surface area (Å²) in [6.45, 7) is 5.45. The minimum absolute atomic E-state index is 0.706. The summed E-state index contributed by atoms with van der Waals surface area (Å²) in [5, 5.41) is 0. The second kappa shape index (κ2) is 6.06. The van der Waals surface area contributed by atoms with Gasteiger partial charge in [-0.15, -0.1) is 12.3 Å². The van der Waals surface area contributed by atoms with Crippen molar-refractivity contribution in [3.8, 4) is 12.3 Å². The Kier molecular flexibility index (Phi) is 5.00. The molecule has 0 spiro atoms. The van der Waals surface area contributed by atoms with E-state index in [9.17, 15) is 0 Å². The number of unbranched alkanes of at least 4 members (excludes halogenated alkanes) is 1. The van der Waals surface area contributed by atoms with Gasteiger partial charge in [0.15, 0.2) is 0 Å². The van der Waals surface area contributed by atoms with Crippen LogP contribution in [0.2, 0.25) is 0 Å². The van der Waals surface area contributed by atoms with Crippen molar-refractivity contribution in [2.45, 2.75) is 38.6 Å². The average molecular weight is 194 g/mol. The molecule has 80 valence electrons. The Hall–Kier alpha value is -0.520. The van der Waals surface area contributed by atoms with Gasteiger partial charge in [0, 0.05) is 19.0 Å². The molecule has 2 N–H and O–H groups in total. The molecule has 0 bridgehead atoms. The molecule has 2 unspecified atom stereocenters. The molecule has 0 aromatic carbocycles. The number of piperidine rings is 1. The molecule has 2 heteroatoms. The number of terminal acetylenes is 1. The number of nitrogens with zero attached hydrogens (tertiary/aromatic N) is 1. The van der Waals surface area contributed by atoms with Gasteiger partial charge in [-0.1, -0.05) is 0 Å². The molecule has 1 aliphatic rings. The van der Waals surface area contributed by atoms with Crippen molar-refractivity contribution in [2.75, 3.05) is 19.6 Å². The Balaban J connectivity index is 2.29. The summed E-state index contributed by atoms with van der Waals surface area (Å²) >= 11 is 0. The molecule has 1 saturated heterocycles. The third kappa shape index (κ3) is 3.32. The van der Waals surface area contributed by atoms with Crippen LogP contribution in [0, 0.1) is 18.3 Å². The fourth-order valence-corrected chi connectivity index (χ4v) is 2.15. The van der Waals surface area contributed by atoms with Gasteiger partial charge in [-0.3, -0.25) is 0 Å². The first-order chi connectivity index (χ1) is 6.77. The van der Waals surface area contributed by atoms with E-state index in [4.69, 9.17) is 12.2 Å². The average Bonchev–Trinajstić information content (AvgIpc) is 2.21. The van der Waals surface area contributed by atoms with Crippen LogP contribution in [0.1, 0.15) is 32.6 Å². The molecule has 1 fully saturated rings. The van der Waals surface area contributed by atoms with E-state index in [0.717, 1.165) is 32.0 Å². The maximum absolute atomic E-state index is 5.71. The van der Waals surface area contributed by atoms with Gasteiger partial charge in [0.05, 0.1) is 0 Å². The number of likely N-dealkylation sites (tertiary alicyclic amines) is 1. The molecule has 1 rings (SSSR count). The van der Waals surface area contributed by atoms with Crippen molar-refractivity contribution >= 4 is 0 Å². The minimum atomic E-state index is 0.706. The standard InChI is InChI=1S/C12H22N2/c1-3-4-5-8-14-10-12(9-13)7-6-11(14)2/h1,11-12H,4-10,13H2,2H3. The zero-order valence-electron chi connectivity index (χ0n) is 9.21. The van der Waals surface area contributed by atoms with Crippen LogP contribution in [0.3, 0.4) is 0 Å². The van der Waals surface area contributed by atoms with Crippen molar-refractivity contribution in [1.82, 2.24) is 4.90 Å². The van der Waals surface area contributed by atoms with Crippen molar-refractivity contribution in [3.05, 3.63) is 0 Å². The molecule has 0 saturated carbocycles. The lowest BCUT2D eigenvalue weighted by Crippen LogP contribution is -2.44. The molecule has 14 heavy (non-hydrogen) atoms. The molecule has 0 aromatic heterocycles. The van der Waals surface area contributed by atoms with Gasteiger partial charge in [-0.2, -0.15) is 0 Å². The highest BCUT2D eigenvalue weighted by atomic mass is 15.2. The third-order valence-corrected chi connectivity index (χ3v) is 3.21. The van der Waals surface area contributed by atoms with E-state index in [1.54, 1.807) is 0 Å². The maximum Gasteiger partial charge on any atom is 0.00982 e. The highest BCUT2D eigenvalue weighted by molar-refractivity contribution is 4.85. The molecule has 0 radical (unpaired) electrons. The first-order valence-electron chi connectivity index (χ1n) is 5.65. The number of nitrogens with two attached hydrogens (primary N) is 1. The summed E-state index contributed by atoms with van der Waals surface area (Å²) in [5.74, 6) is 3.40. The van der Waals surface area contributed by atoms with E-state index in [2.05, 4.69) is 17.7 Å². The van der Waals surface area contributed by atoms with Gasteiger partial charge >= 0.3 is 0 Å². The molecular formula is C12H22N2. The van der Waals surface area contributed by atoms with Crippen LogP contribution in [-0.4, -0.2) is 30.6 Å². The van der Waals surface area contributed by atoms with Crippen LogP contribution in [0.15, 0.2) is 0 Å². The molecule has 1 aliphatic heterocycles. The van der Waals surface area contributed by atoms with Gasteiger partial charge in [-0.25, -0.2) is 0 Å². The van der Waals surface area contributed by atoms with Crippen molar-refractivity contribution in [3.63, 3.8) is 0 Å². The molecule has 1 heterocycles. The fraction of sp³-hybridized carbons (Fsp3) is 0.833. The largest absolute Gasteiger partial charge is 0.330 e. The Labute approximate surface area is 87.8 Å². The highest BCUT2D eigenvalue weighted by Gasteiger charge is 2.23. The lowest BCUT2D eigenvalue weighted by Gasteiger charge is -2.37. The monoisotopic (exact) mass is 194 g/mol. The normalized spacial score (nSPS) is 28.6. The van der Waals surface area contributed by atoms with Crippen LogP contribution in [0.4, 0.5) is 0 Å². The van der Waals surface area contributed by atoms with E-state index in [0.29, 0.717) is 5.92 Å². The fourth-order valence-electron chi connectivity index (χ4n) is 2.15. The smallest absolute Gasteiger partial charge is 0.00982 e. The van der Waals surface area contributed by atoms with Gasteiger partial charge in [0.25, 0.3) is 0 Å². The van der Waals surface area contributed by atoms with Gasteiger partial charge in [0.2, 0.25) is 0 Å². The number of rotatable bonds is 4. The first kappa shape index (κ1) is 11.6. The van der Waals surface area contributed by atoms with Crippen LogP contribution in [-0.2, 0) is 0 Å². The number of hydrogen-bond acceptors (Lipinski definition) is 2. The van der Waals surface area contributed by atoms with Crippen molar-refractivity contribution < 1.29 is 0 Å². The predicted molar refractivity (Wildman–Crippen MR) is 60.9 cm³/mol. The summed E-state index contributed by atoms with van der Waals surface area (Å²) < 4.78 is 0. The van der Waals surface area contributed by atoms with Crippen molar-refractivity contribution in [2.24, 2.45) is 11.7 Å². The zero-order valence-corrected chi connectivity index (χ0v) is 9.21. The summed E-state index contributed by atoms with van der Waals surface area (Å²) in [6.07, 6.45) is 9.85. The minimum Gasteiger partial charge on any atom is -0.330 e. The first-order valence-corrected chi connectivity index (χ1v) is 5.65. The van der Waals surface area contributed by atoms with E-state index >= 15 is 0 Å². The van der Waals surface area contributed by atoms with Crippen LogP contribution in [0.25, 0.3) is 0 Å². The maximum atomic E-state index is 5.71. The summed E-state index contributed by atoms with van der Waals surface area (Å²) in [7, 11) is 0. The van der Waals surface area contributed by atoms with Gasteiger partial charge in [-0.05, 0) is 45.2 Å². The molecule has 0 aromatic rings. The molecule has 0 amide bonds. The van der Waals surface area contributed by atoms with Gasteiger partial charge in [0.1, 0.15) is 0 Å². The Bertz CT molecular complexity index is 195. The van der Waals surface area contributed by atoms with Crippen molar-refractivity contribution in [1.29, 1.82) is 0 Å². The van der Waals surface area contributed by atoms with E-state index in [-0.39, 0.29) is 0 Å². The Morgan fingerprint density at radius 2 is 2.29 bits per heavy atom. The zero-order chi connectivity index (χ0) is 10.4. The second-order valence-electron chi connectivity index (χ2n) is 4.33. The quantitative estimate of drug-likeness (QED) is 0.542. The lowest BCUT2D eigenvalue weighted by atomic mass is 9.93. The molecular weight excluding hydrogens is 172 g/mol. The Morgan fingerprint density at radius 1 is 1.50 bits per heavy atom.